The summed E-state index contributed by atoms with van der Waals surface area (Å²) in [4.78, 5) is 24.7. The number of rotatable bonds is 9. The minimum Gasteiger partial charge on any atom is -0.508 e. The van der Waals surface area contributed by atoms with E-state index in [0.29, 0.717) is 41.3 Å². The van der Waals surface area contributed by atoms with Crippen molar-refractivity contribution in [1.82, 2.24) is 10.2 Å². The van der Waals surface area contributed by atoms with Gasteiger partial charge in [-0.25, -0.2) is 0 Å². The highest BCUT2D eigenvalue weighted by molar-refractivity contribution is 6.05. The number of amides is 2. The Bertz CT molecular complexity index is 1330. The topological polar surface area (TPSA) is 153 Å². The lowest BCUT2D eigenvalue weighted by atomic mass is 10.0. The van der Waals surface area contributed by atoms with E-state index in [0.717, 1.165) is 11.1 Å². The lowest BCUT2D eigenvalue weighted by Gasteiger charge is -2.09. The summed E-state index contributed by atoms with van der Waals surface area (Å²) in [6, 6.07) is 20.8. The van der Waals surface area contributed by atoms with Gasteiger partial charge in [-0.2, -0.15) is 5.10 Å². The molecule has 4 aromatic rings. The standard InChI is InChI=1S/C26H25N5O4/c27-24(34)23-22(30-31-25(23)28-14-17-7-11-20(33)12-8-17)13-16-5-9-19(10-6-16)29-26(35)21-4-2-1-3-18(21)15-32/h1-12,32-33H,13-15H2,(H2,27,34)(H,29,35)(H2,28,30,31). The molecule has 7 N–H and O–H groups in total. The molecule has 0 aliphatic rings. The number of nitrogens with one attached hydrogen (secondary N) is 3. The number of nitrogens with zero attached hydrogens (tertiary/aromatic N) is 1. The Balaban J connectivity index is 1.44. The molecular formula is C26H25N5O4. The maximum atomic E-state index is 12.6. The van der Waals surface area contributed by atoms with Crippen LogP contribution in [-0.4, -0.2) is 32.2 Å². The number of primary amides is 1. The zero-order valence-corrected chi connectivity index (χ0v) is 18.8. The molecule has 0 saturated carbocycles. The van der Waals surface area contributed by atoms with Crippen LogP contribution in [0.1, 0.15) is 43.1 Å². The van der Waals surface area contributed by atoms with Crippen LogP contribution in [0.15, 0.2) is 72.8 Å². The molecule has 0 saturated heterocycles. The van der Waals surface area contributed by atoms with E-state index in [9.17, 15) is 19.8 Å². The summed E-state index contributed by atoms with van der Waals surface area (Å²) in [5, 5.41) is 31.9. The highest BCUT2D eigenvalue weighted by atomic mass is 16.3. The van der Waals surface area contributed by atoms with Gasteiger partial charge in [0.25, 0.3) is 11.8 Å². The molecule has 0 aliphatic heterocycles. The number of hydrogen-bond acceptors (Lipinski definition) is 6. The Morgan fingerprint density at radius 3 is 2.31 bits per heavy atom. The van der Waals surface area contributed by atoms with Gasteiger partial charge in [0.2, 0.25) is 0 Å². The molecule has 4 rings (SSSR count). The maximum absolute atomic E-state index is 12.6. The number of benzene rings is 3. The highest BCUT2D eigenvalue weighted by Crippen LogP contribution is 2.22. The quantitative estimate of drug-likeness (QED) is 0.220. The Morgan fingerprint density at radius 1 is 0.943 bits per heavy atom. The van der Waals surface area contributed by atoms with Gasteiger partial charge in [-0.1, -0.05) is 42.5 Å². The third kappa shape index (κ3) is 5.66. The number of phenolic OH excluding ortho intramolecular Hbond substituents is 1. The molecule has 0 spiro atoms. The molecule has 3 aromatic carbocycles. The number of nitrogens with two attached hydrogens (primary N) is 1. The van der Waals surface area contributed by atoms with E-state index in [1.807, 2.05) is 12.1 Å². The fourth-order valence-electron chi connectivity index (χ4n) is 3.69. The Labute approximate surface area is 201 Å². The Morgan fingerprint density at radius 2 is 1.63 bits per heavy atom. The molecule has 0 atom stereocenters. The molecule has 0 unspecified atom stereocenters. The van der Waals surface area contributed by atoms with Crippen molar-refractivity contribution in [3.8, 4) is 5.75 Å². The lowest BCUT2D eigenvalue weighted by Crippen LogP contribution is -2.15. The van der Waals surface area contributed by atoms with E-state index < -0.39 is 5.91 Å². The van der Waals surface area contributed by atoms with Gasteiger partial charge in [-0.3, -0.25) is 14.7 Å². The maximum Gasteiger partial charge on any atom is 0.256 e. The van der Waals surface area contributed by atoms with E-state index in [4.69, 9.17) is 5.73 Å². The number of aliphatic hydroxyl groups is 1. The molecule has 0 fully saturated rings. The van der Waals surface area contributed by atoms with Crippen molar-refractivity contribution >= 4 is 23.3 Å². The van der Waals surface area contributed by atoms with Crippen LogP contribution in [0.25, 0.3) is 0 Å². The molecular weight excluding hydrogens is 446 g/mol. The van der Waals surface area contributed by atoms with Crippen molar-refractivity contribution in [3.63, 3.8) is 0 Å². The van der Waals surface area contributed by atoms with Gasteiger partial charge >= 0.3 is 0 Å². The first-order valence-electron chi connectivity index (χ1n) is 10.9. The van der Waals surface area contributed by atoms with Gasteiger partial charge < -0.3 is 26.6 Å². The molecule has 0 radical (unpaired) electrons. The second kappa shape index (κ2) is 10.5. The van der Waals surface area contributed by atoms with Crippen LogP contribution in [0, 0.1) is 0 Å². The first-order chi connectivity index (χ1) is 16.9. The van der Waals surface area contributed by atoms with Gasteiger partial charge in [0, 0.05) is 24.2 Å². The lowest BCUT2D eigenvalue weighted by molar-refractivity contribution is 0.0997. The summed E-state index contributed by atoms with van der Waals surface area (Å²) in [5.74, 6) is -0.383. The number of H-pyrrole nitrogens is 1. The van der Waals surface area contributed by atoms with E-state index in [1.54, 1.807) is 60.7 Å². The van der Waals surface area contributed by atoms with E-state index >= 15 is 0 Å². The van der Waals surface area contributed by atoms with Crippen molar-refractivity contribution in [2.75, 3.05) is 10.6 Å². The van der Waals surface area contributed by atoms with E-state index in [-0.39, 0.29) is 23.8 Å². The number of anilines is 2. The van der Waals surface area contributed by atoms with Gasteiger partial charge in [0.15, 0.2) is 5.82 Å². The SMILES string of the molecule is NC(=O)c1c(NCc2ccc(O)cc2)n[nH]c1Cc1ccc(NC(=O)c2ccccc2CO)cc1. The fraction of sp³-hybridized carbons (Fsp3) is 0.115. The zero-order valence-electron chi connectivity index (χ0n) is 18.8. The molecule has 1 aromatic heterocycles. The summed E-state index contributed by atoms with van der Waals surface area (Å²) in [6.45, 7) is 0.180. The second-order valence-electron chi connectivity index (χ2n) is 7.95. The number of aromatic nitrogens is 2. The molecule has 9 heteroatoms. The van der Waals surface area contributed by atoms with E-state index in [2.05, 4.69) is 20.8 Å². The van der Waals surface area contributed by atoms with Gasteiger partial charge in [0.05, 0.1) is 12.3 Å². The van der Waals surface area contributed by atoms with Crippen molar-refractivity contribution in [1.29, 1.82) is 0 Å². The van der Waals surface area contributed by atoms with E-state index in [1.165, 1.54) is 0 Å². The van der Waals surface area contributed by atoms with Crippen LogP contribution in [0.2, 0.25) is 0 Å². The number of phenols is 1. The highest BCUT2D eigenvalue weighted by Gasteiger charge is 2.18. The average Bonchev–Trinajstić information content (AvgIpc) is 3.27. The van der Waals surface area contributed by atoms with Crippen LogP contribution in [0.3, 0.4) is 0 Å². The fourth-order valence-corrected chi connectivity index (χ4v) is 3.69. The summed E-state index contributed by atoms with van der Waals surface area (Å²) in [7, 11) is 0. The van der Waals surface area contributed by atoms with Crippen molar-refractivity contribution in [2.45, 2.75) is 19.6 Å². The summed E-state index contributed by atoms with van der Waals surface area (Å²) in [6.07, 6.45) is 0.383. The Kier molecular flexibility index (Phi) is 7.08. The first-order valence-corrected chi connectivity index (χ1v) is 10.9. The Hall–Kier alpha value is -4.63. The number of aliphatic hydroxyl groups excluding tert-OH is 1. The molecule has 1 heterocycles. The number of aromatic hydroxyl groups is 1. The van der Waals surface area contributed by atoms with Gasteiger partial charge in [0.1, 0.15) is 11.3 Å². The molecule has 35 heavy (non-hydrogen) atoms. The van der Waals surface area contributed by atoms with Crippen LogP contribution in [-0.2, 0) is 19.6 Å². The van der Waals surface area contributed by atoms with Crippen LogP contribution in [0.4, 0.5) is 11.5 Å². The van der Waals surface area contributed by atoms with Crippen LogP contribution in [0.5, 0.6) is 5.75 Å². The van der Waals surface area contributed by atoms with Crippen LogP contribution >= 0.6 is 0 Å². The number of carbonyl (C=O) groups is 2. The first kappa shape index (κ1) is 23.5. The molecule has 9 nitrogen and oxygen atoms in total. The summed E-state index contributed by atoms with van der Waals surface area (Å²) in [5.41, 5.74) is 9.82. The number of hydrogen-bond donors (Lipinski definition) is 6. The molecule has 0 aliphatic carbocycles. The number of aromatic amines is 1. The second-order valence-corrected chi connectivity index (χ2v) is 7.95. The monoisotopic (exact) mass is 471 g/mol. The predicted octanol–water partition coefficient (Wildman–Crippen LogP) is 3.16. The number of carbonyl (C=O) groups excluding carboxylic acids is 2. The summed E-state index contributed by atoms with van der Waals surface area (Å²) >= 11 is 0. The minimum absolute atomic E-state index is 0.175. The summed E-state index contributed by atoms with van der Waals surface area (Å²) < 4.78 is 0. The van der Waals surface area contributed by atoms with Crippen molar-refractivity contribution < 1.29 is 19.8 Å². The van der Waals surface area contributed by atoms with Crippen molar-refractivity contribution in [2.24, 2.45) is 5.73 Å². The normalized spacial score (nSPS) is 10.7. The van der Waals surface area contributed by atoms with Crippen molar-refractivity contribution in [3.05, 3.63) is 106 Å². The smallest absolute Gasteiger partial charge is 0.256 e. The van der Waals surface area contributed by atoms with Crippen LogP contribution < -0.4 is 16.4 Å². The van der Waals surface area contributed by atoms with Gasteiger partial charge in [-0.05, 0) is 47.0 Å². The average molecular weight is 472 g/mol. The third-order valence-corrected chi connectivity index (χ3v) is 5.51. The third-order valence-electron chi connectivity index (χ3n) is 5.51. The molecule has 0 bridgehead atoms. The molecule has 2 amide bonds. The largest absolute Gasteiger partial charge is 0.508 e. The minimum atomic E-state index is -0.603. The molecule has 178 valence electrons. The van der Waals surface area contributed by atoms with Gasteiger partial charge in [-0.15, -0.1) is 0 Å². The predicted molar refractivity (Wildman–Crippen MR) is 132 cm³/mol. The zero-order chi connectivity index (χ0) is 24.8.